The summed E-state index contributed by atoms with van der Waals surface area (Å²) in [4.78, 5) is 19.4. The number of hydrogen-bond donors (Lipinski definition) is 3. The normalized spacial score (nSPS) is 21.6. The molecule has 0 bridgehead atoms. The lowest BCUT2D eigenvalue weighted by atomic mass is 10.1. The highest BCUT2D eigenvalue weighted by Crippen LogP contribution is 2.30. The number of ether oxygens (including phenoxy) is 1. The molecule has 0 amide bonds. The molecule has 0 radical (unpaired) electrons. The minimum absolute atomic E-state index is 0.161. The molecule has 2 atom stereocenters. The summed E-state index contributed by atoms with van der Waals surface area (Å²) in [6.45, 7) is 2.10. The Kier molecular flexibility index (Phi) is 3.79. The van der Waals surface area contributed by atoms with E-state index >= 15 is 0 Å². The number of fused-ring (bicyclic) bond motifs is 1. The Hall–Kier alpha value is -2.08. The molecule has 3 N–H and O–H groups in total. The number of rotatable bonds is 4. The third-order valence-corrected chi connectivity index (χ3v) is 3.84. The molecule has 2 aromatic rings. The van der Waals surface area contributed by atoms with Gasteiger partial charge in [-0.25, -0.2) is 9.78 Å². The van der Waals surface area contributed by atoms with Crippen molar-refractivity contribution in [2.45, 2.75) is 38.3 Å². The number of carbonyl (C=O) groups excluding carboxylic acids is 1. The molecule has 21 heavy (non-hydrogen) atoms. The van der Waals surface area contributed by atoms with E-state index in [1.807, 2.05) is 6.07 Å². The van der Waals surface area contributed by atoms with Crippen LogP contribution >= 0.6 is 0 Å². The Morgan fingerprint density at radius 3 is 3.14 bits per heavy atom. The second-order valence-corrected chi connectivity index (χ2v) is 5.32. The molecule has 0 unspecified atom stereocenters. The molecular formula is C15H19N3O3. The Balaban J connectivity index is 1.97. The van der Waals surface area contributed by atoms with E-state index in [4.69, 9.17) is 4.74 Å². The van der Waals surface area contributed by atoms with Gasteiger partial charge in [0.1, 0.15) is 11.2 Å². The summed E-state index contributed by atoms with van der Waals surface area (Å²) in [6.07, 6.45) is 5.42. The number of H-pyrrole nitrogens is 1. The average molecular weight is 289 g/mol. The maximum Gasteiger partial charge on any atom is 0.341 e. The van der Waals surface area contributed by atoms with E-state index < -0.39 is 0 Å². The average Bonchev–Trinajstić information content (AvgIpc) is 3.08. The largest absolute Gasteiger partial charge is 0.462 e. The van der Waals surface area contributed by atoms with Crippen molar-refractivity contribution in [3.05, 3.63) is 24.0 Å². The summed E-state index contributed by atoms with van der Waals surface area (Å²) < 4.78 is 5.10. The first kappa shape index (κ1) is 13.9. The topological polar surface area (TPSA) is 87.2 Å². The van der Waals surface area contributed by atoms with E-state index in [2.05, 4.69) is 15.3 Å². The number of aromatic amines is 1. The Labute approximate surface area is 122 Å². The molecule has 0 aromatic carbocycles. The molecule has 0 saturated heterocycles. The molecular weight excluding hydrogens is 270 g/mol. The van der Waals surface area contributed by atoms with Gasteiger partial charge in [-0.1, -0.05) is 0 Å². The van der Waals surface area contributed by atoms with Crippen molar-refractivity contribution >= 4 is 22.7 Å². The van der Waals surface area contributed by atoms with Crippen molar-refractivity contribution in [1.82, 2.24) is 9.97 Å². The number of carbonyl (C=O) groups is 1. The van der Waals surface area contributed by atoms with Gasteiger partial charge in [0.05, 0.1) is 18.4 Å². The lowest BCUT2D eigenvalue weighted by Crippen LogP contribution is -2.19. The summed E-state index contributed by atoms with van der Waals surface area (Å²) in [5.41, 5.74) is 1.90. The van der Waals surface area contributed by atoms with Crippen molar-refractivity contribution < 1.29 is 14.6 Å². The number of aliphatic hydroxyl groups is 1. The molecule has 2 aromatic heterocycles. The Morgan fingerprint density at radius 2 is 2.43 bits per heavy atom. The lowest BCUT2D eigenvalue weighted by molar-refractivity contribution is 0.0527. The van der Waals surface area contributed by atoms with Gasteiger partial charge in [0.2, 0.25) is 0 Å². The standard InChI is InChI=1S/C15H19N3O3/c1-2-21-15(20)12-8-17-14-11(5-6-16-14)13(12)18-9-3-4-10(19)7-9/h5-6,8-10,19H,2-4,7H2,1H3,(H2,16,17,18)/t9-,10-/m1/s1. The second-order valence-electron chi connectivity index (χ2n) is 5.32. The number of aliphatic hydroxyl groups excluding tert-OH is 1. The fraction of sp³-hybridized carbons (Fsp3) is 0.467. The zero-order valence-electron chi connectivity index (χ0n) is 11.9. The third kappa shape index (κ3) is 2.71. The summed E-state index contributed by atoms with van der Waals surface area (Å²) in [5, 5.41) is 13.9. The predicted molar refractivity (Wildman–Crippen MR) is 79.3 cm³/mol. The number of esters is 1. The number of aromatic nitrogens is 2. The van der Waals surface area contributed by atoms with Crippen molar-refractivity contribution in [1.29, 1.82) is 0 Å². The maximum atomic E-state index is 12.1. The Bertz CT molecular complexity index is 653. The van der Waals surface area contributed by atoms with E-state index in [1.54, 1.807) is 13.1 Å². The van der Waals surface area contributed by atoms with Crippen LogP contribution in [0.15, 0.2) is 18.5 Å². The zero-order chi connectivity index (χ0) is 14.8. The quantitative estimate of drug-likeness (QED) is 0.750. The highest BCUT2D eigenvalue weighted by molar-refractivity contribution is 6.04. The highest BCUT2D eigenvalue weighted by Gasteiger charge is 2.25. The number of nitrogens with zero attached hydrogens (tertiary/aromatic N) is 1. The molecule has 0 aliphatic heterocycles. The van der Waals surface area contributed by atoms with Crippen LogP contribution < -0.4 is 5.32 Å². The molecule has 1 aliphatic rings. The number of anilines is 1. The van der Waals surface area contributed by atoms with Gasteiger partial charge in [-0.05, 0) is 32.3 Å². The van der Waals surface area contributed by atoms with E-state index in [9.17, 15) is 9.90 Å². The van der Waals surface area contributed by atoms with Gasteiger partial charge in [0.25, 0.3) is 0 Å². The lowest BCUT2D eigenvalue weighted by Gasteiger charge is -2.17. The van der Waals surface area contributed by atoms with E-state index in [0.29, 0.717) is 18.6 Å². The van der Waals surface area contributed by atoms with Gasteiger partial charge in [-0.2, -0.15) is 0 Å². The van der Waals surface area contributed by atoms with Crippen molar-refractivity contribution in [3.63, 3.8) is 0 Å². The van der Waals surface area contributed by atoms with Crippen LogP contribution in [0.1, 0.15) is 36.5 Å². The minimum atomic E-state index is -0.380. The van der Waals surface area contributed by atoms with Gasteiger partial charge < -0.3 is 20.1 Å². The van der Waals surface area contributed by atoms with Gasteiger partial charge in [0.15, 0.2) is 0 Å². The predicted octanol–water partition coefficient (Wildman–Crippen LogP) is 2.06. The van der Waals surface area contributed by atoms with Crippen LogP contribution in [0.5, 0.6) is 0 Å². The molecule has 1 fully saturated rings. The summed E-state index contributed by atoms with van der Waals surface area (Å²) in [5.74, 6) is -0.380. The first-order chi connectivity index (χ1) is 10.2. The highest BCUT2D eigenvalue weighted by atomic mass is 16.5. The van der Waals surface area contributed by atoms with E-state index in [1.165, 1.54) is 6.20 Å². The monoisotopic (exact) mass is 289 g/mol. The first-order valence-electron chi connectivity index (χ1n) is 7.27. The van der Waals surface area contributed by atoms with Gasteiger partial charge in [-0.3, -0.25) is 0 Å². The number of nitrogens with one attached hydrogen (secondary N) is 2. The molecule has 2 heterocycles. The number of hydrogen-bond acceptors (Lipinski definition) is 5. The van der Waals surface area contributed by atoms with Crippen LogP contribution in [0.25, 0.3) is 11.0 Å². The molecule has 6 heteroatoms. The summed E-state index contributed by atoms with van der Waals surface area (Å²) in [7, 11) is 0. The van der Waals surface area contributed by atoms with Crippen LogP contribution in [0.3, 0.4) is 0 Å². The molecule has 1 saturated carbocycles. The van der Waals surface area contributed by atoms with Crippen molar-refractivity contribution in [2.24, 2.45) is 0 Å². The van der Waals surface area contributed by atoms with Gasteiger partial charge >= 0.3 is 5.97 Å². The SMILES string of the molecule is CCOC(=O)c1cnc2[nH]ccc2c1N[C@@H]1CC[C@@H](O)C1. The van der Waals surface area contributed by atoms with Crippen LogP contribution in [-0.2, 0) is 4.74 Å². The third-order valence-electron chi connectivity index (χ3n) is 3.84. The van der Waals surface area contributed by atoms with Gasteiger partial charge in [-0.15, -0.1) is 0 Å². The molecule has 6 nitrogen and oxygen atoms in total. The maximum absolute atomic E-state index is 12.1. The zero-order valence-corrected chi connectivity index (χ0v) is 11.9. The Morgan fingerprint density at radius 1 is 1.57 bits per heavy atom. The second kappa shape index (κ2) is 5.73. The molecule has 1 aliphatic carbocycles. The minimum Gasteiger partial charge on any atom is -0.462 e. The van der Waals surface area contributed by atoms with Gasteiger partial charge in [0, 0.05) is 23.8 Å². The molecule has 0 spiro atoms. The molecule has 3 rings (SSSR count). The fourth-order valence-electron chi connectivity index (χ4n) is 2.82. The summed E-state index contributed by atoms with van der Waals surface area (Å²) >= 11 is 0. The van der Waals surface area contributed by atoms with E-state index in [-0.39, 0.29) is 18.1 Å². The summed E-state index contributed by atoms with van der Waals surface area (Å²) in [6, 6.07) is 2.05. The first-order valence-corrected chi connectivity index (χ1v) is 7.27. The fourth-order valence-corrected chi connectivity index (χ4v) is 2.82. The van der Waals surface area contributed by atoms with E-state index in [0.717, 1.165) is 29.6 Å². The molecule has 112 valence electrons. The van der Waals surface area contributed by atoms with Crippen LogP contribution in [-0.4, -0.2) is 39.8 Å². The number of pyridine rings is 1. The van der Waals surface area contributed by atoms with Crippen molar-refractivity contribution in [3.8, 4) is 0 Å². The van der Waals surface area contributed by atoms with Crippen LogP contribution in [0, 0.1) is 0 Å². The van der Waals surface area contributed by atoms with Crippen LogP contribution in [0.4, 0.5) is 5.69 Å². The van der Waals surface area contributed by atoms with Crippen molar-refractivity contribution in [2.75, 3.05) is 11.9 Å². The van der Waals surface area contributed by atoms with Crippen LogP contribution in [0.2, 0.25) is 0 Å². The smallest absolute Gasteiger partial charge is 0.341 e.